The van der Waals surface area contributed by atoms with E-state index in [0.29, 0.717) is 6.04 Å². The van der Waals surface area contributed by atoms with Crippen LogP contribution in [0.25, 0.3) is 0 Å². The first kappa shape index (κ1) is 13.4. The summed E-state index contributed by atoms with van der Waals surface area (Å²) in [5.74, 6) is 1.11. The van der Waals surface area contributed by atoms with Gasteiger partial charge in [0.25, 0.3) is 0 Å². The van der Waals surface area contributed by atoms with Crippen LogP contribution in [0.4, 0.5) is 0 Å². The van der Waals surface area contributed by atoms with Crippen molar-refractivity contribution in [3.8, 4) is 0 Å². The van der Waals surface area contributed by atoms with Crippen LogP contribution in [0.2, 0.25) is 0 Å². The van der Waals surface area contributed by atoms with E-state index in [-0.39, 0.29) is 0 Å². The van der Waals surface area contributed by atoms with Crippen molar-refractivity contribution in [2.75, 3.05) is 20.3 Å². The van der Waals surface area contributed by atoms with Crippen molar-refractivity contribution < 1.29 is 0 Å². The Kier molecular flexibility index (Phi) is 7.48. The van der Waals surface area contributed by atoms with Gasteiger partial charge in [-0.3, -0.25) is 10.3 Å². The van der Waals surface area contributed by atoms with Gasteiger partial charge in [0.1, 0.15) is 0 Å². The Bertz CT molecular complexity index is 166. The molecule has 0 aromatic rings. The predicted molar refractivity (Wildman–Crippen MR) is 63.8 cm³/mol. The lowest BCUT2D eigenvalue weighted by molar-refractivity contribution is 0.377. The van der Waals surface area contributed by atoms with Crippen molar-refractivity contribution >= 4 is 5.84 Å². The fourth-order valence-corrected chi connectivity index (χ4v) is 1.13. The van der Waals surface area contributed by atoms with Crippen LogP contribution < -0.4 is 5.32 Å². The molecule has 0 heterocycles. The summed E-state index contributed by atoms with van der Waals surface area (Å²) in [7, 11) is 2.10. The van der Waals surface area contributed by atoms with Gasteiger partial charge in [0.05, 0.1) is 12.5 Å². The Morgan fingerprint density at radius 3 is 2.57 bits per heavy atom. The van der Waals surface area contributed by atoms with Crippen LogP contribution in [0.5, 0.6) is 0 Å². The zero-order valence-corrected chi connectivity index (χ0v) is 10.3. The second-order valence-electron chi connectivity index (χ2n) is 3.73. The molecule has 0 aliphatic rings. The van der Waals surface area contributed by atoms with Gasteiger partial charge in [0, 0.05) is 13.1 Å². The number of rotatable bonds is 6. The summed E-state index contributed by atoms with van der Waals surface area (Å²) in [4.78, 5) is 6.69. The molecule has 0 saturated heterocycles. The van der Waals surface area contributed by atoms with Crippen LogP contribution in [0.3, 0.4) is 0 Å². The van der Waals surface area contributed by atoms with Crippen LogP contribution >= 0.6 is 0 Å². The lowest BCUT2D eigenvalue weighted by atomic mass is 10.2. The zero-order valence-electron chi connectivity index (χ0n) is 10.3. The summed E-state index contributed by atoms with van der Waals surface area (Å²) in [6, 6.07) is 0.574. The van der Waals surface area contributed by atoms with E-state index in [4.69, 9.17) is 0 Å². The molecule has 0 radical (unpaired) electrons. The molecule has 0 aliphatic carbocycles. The molecule has 14 heavy (non-hydrogen) atoms. The highest BCUT2D eigenvalue weighted by molar-refractivity contribution is 5.79. The molecule has 84 valence electrons. The van der Waals surface area contributed by atoms with E-state index >= 15 is 0 Å². The molecule has 3 heteroatoms. The molecule has 1 unspecified atom stereocenters. The largest absolute Gasteiger partial charge is 0.361 e. The minimum absolute atomic E-state index is 0.574. The minimum atomic E-state index is 0.574. The summed E-state index contributed by atoms with van der Waals surface area (Å²) in [6.07, 6.45) is 2.32. The summed E-state index contributed by atoms with van der Waals surface area (Å²) in [5, 5.41) is 3.26. The summed E-state index contributed by atoms with van der Waals surface area (Å²) in [5.41, 5.74) is 0. The summed E-state index contributed by atoms with van der Waals surface area (Å²) < 4.78 is 0. The van der Waals surface area contributed by atoms with Crippen molar-refractivity contribution in [1.82, 2.24) is 10.2 Å². The van der Waals surface area contributed by atoms with E-state index in [9.17, 15) is 0 Å². The van der Waals surface area contributed by atoms with Crippen LogP contribution in [-0.4, -0.2) is 37.0 Å². The van der Waals surface area contributed by atoms with Crippen LogP contribution in [0, 0.1) is 0 Å². The average molecular weight is 199 g/mol. The maximum absolute atomic E-state index is 4.46. The fourth-order valence-electron chi connectivity index (χ4n) is 1.13. The van der Waals surface area contributed by atoms with Crippen molar-refractivity contribution in [2.24, 2.45) is 4.99 Å². The van der Waals surface area contributed by atoms with Crippen molar-refractivity contribution in [2.45, 2.75) is 46.6 Å². The monoisotopic (exact) mass is 199 g/mol. The van der Waals surface area contributed by atoms with E-state index < -0.39 is 0 Å². The Labute approximate surface area is 88.6 Å². The number of hydrogen-bond donors (Lipinski definition) is 1. The number of nitrogens with zero attached hydrogens (tertiary/aromatic N) is 2. The Hall–Kier alpha value is -0.570. The van der Waals surface area contributed by atoms with E-state index in [2.05, 4.69) is 50.0 Å². The van der Waals surface area contributed by atoms with Gasteiger partial charge < -0.3 is 4.90 Å². The first-order valence-corrected chi connectivity index (χ1v) is 5.58. The molecule has 0 aromatic carbocycles. The molecule has 0 fully saturated rings. The SMILES string of the molecule is CCCNCN=C(C)N(C)C(C)CC. The molecule has 0 aliphatic heterocycles. The molecule has 0 aromatic heterocycles. The van der Waals surface area contributed by atoms with Crippen LogP contribution in [-0.2, 0) is 0 Å². The Morgan fingerprint density at radius 1 is 1.43 bits per heavy atom. The van der Waals surface area contributed by atoms with Crippen LogP contribution in [0.15, 0.2) is 4.99 Å². The smallest absolute Gasteiger partial charge is 0.0973 e. The number of nitrogens with one attached hydrogen (secondary N) is 1. The quantitative estimate of drug-likeness (QED) is 0.403. The number of hydrogen-bond acceptors (Lipinski definition) is 2. The first-order chi connectivity index (χ1) is 6.63. The molecular weight excluding hydrogens is 174 g/mol. The second kappa shape index (κ2) is 7.80. The molecule has 1 N–H and O–H groups in total. The van der Waals surface area contributed by atoms with Gasteiger partial charge in [-0.2, -0.15) is 0 Å². The third-order valence-corrected chi connectivity index (χ3v) is 2.61. The fraction of sp³-hybridized carbons (Fsp3) is 0.909. The highest BCUT2D eigenvalue weighted by Crippen LogP contribution is 2.00. The van der Waals surface area contributed by atoms with E-state index in [0.717, 1.165) is 31.9 Å². The summed E-state index contributed by atoms with van der Waals surface area (Å²) in [6.45, 7) is 10.4. The second-order valence-corrected chi connectivity index (χ2v) is 3.73. The van der Waals surface area contributed by atoms with Gasteiger partial charge in [0.15, 0.2) is 0 Å². The molecule has 0 amide bonds. The zero-order chi connectivity index (χ0) is 11.0. The average Bonchev–Trinajstić information content (AvgIpc) is 2.21. The number of aliphatic imine (C=N–C) groups is 1. The first-order valence-electron chi connectivity index (χ1n) is 5.58. The maximum atomic E-state index is 4.46. The molecule has 1 atom stereocenters. The number of amidine groups is 1. The molecular formula is C11H25N3. The predicted octanol–water partition coefficient (Wildman–Crippen LogP) is 2.09. The lowest BCUT2D eigenvalue weighted by Crippen LogP contribution is -2.33. The summed E-state index contributed by atoms with van der Waals surface area (Å²) >= 11 is 0. The lowest BCUT2D eigenvalue weighted by Gasteiger charge is -2.25. The molecule has 0 rings (SSSR count). The van der Waals surface area contributed by atoms with E-state index in [1.807, 2.05) is 0 Å². The van der Waals surface area contributed by atoms with Gasteiger partial charge in [-0.25, -0.2) is 0 Å². The van der Waals surface area contributed by atoms with E-state index in [1.165, 1.54) is 0 Å². The standard InChI is InChI=1S/C11H25N3/c1-6-8-12-9-13-11(4)14(5)10(3)7-2/h10,12H,6-9H2,1-5H3. The van der Waals surface area contributed by atoms with Gasteiger partial charge >= 0.3 is 0 Å². The highest BCUT2D eigenvalue weighted by atomic mass is 15.2. The van der Waals surface area contributed by atoms with Crippen molar-refractivity contribution in [3.05, 3.63) is 0 Å². The molecule has 0 saturated carbocycles. The van der Waals surface area contributed by atoms with Gasteiger partial charge in [-0.1, -0.05) is 13.8 Å². The van der Waals surface area contributed by atoms with Crippen LogP contribution in [0.1, 0.15) is 40.5 Å². The van der Waals surface area contributed by atoms with Gasteiger partial charge in [-0.05, 0) is 33.2 Å². The van der Waals surface area contributed by atoms with Gasteiger partial charge in [0.2, 0.25) is 0 Å². The van der Waals surface area contributed by atoms with E-state index in [1.54, 1.807) is 0 Å². The molecule has 3 nitrogen and oxygen atoms in total. The van der Waals surface area contributed by atoms with Crippen molar-refractivity contribution in [1.29, 1.82) is 0 Å². The molecule has 0 bridgehead atoms. The highest BCUT2D eigenvalue weighted by Gasteiger charge is 2.06. The normalized spacial score (nSPS) is 14.2. The van der Waals surface area contributed by atoms with Gasteiger partial charge in [-0.15, -0.1) is 0 Å². The Balaban J connectivity index is 3.84. The molecule has 0 spiro atoms. The third kappa shape index (κ3) is 5.22. The van der Waals surface area contributed by atoms with Crippen molar-refractivity contribution in [3.63, 3.8) is 0 Å². The third-order valence-electron chi connectivity index (χ3n) is 2.61. The topological polar surface area (TPSA) is 27.6 Å². The maximum Gasteiger partial charge on any atom is 0.0973 e. The Morgan fingerprint density at radius 2 is 2.07 bits per heavy atom. The minimum Gasteiger partial charge on any atom is -0.361 e.